The van der Waals surface area contributed by atoms with Crippen LogP contribution in [0.4, 0.5) is 4.79 Å². The minimum Gasteiger partial charge on any atom is -0.458 e. The van der Waals surface area contributed by atoms with Crippen molar-refractivity contribution in [1.29, 1.82) is 0 Å². The average molecular weight is 826 g/mol. The number of pyridine rings is 1. The van der Waals surface area contributed by atoms with E-state index in [9.17, 15) is 24.3 Å². The molecule has 1 N–H and O–H groups in total. The van der Waals surface area contributed by atoms with Crippen LogP contribution in [0.3, 0.4) is 0 Å². The molecule has 5 heterocycles. The lowest BCUT2D eigenvalue weighted by Gasteiger charge is -2.47. The molecule has 2 aromatic rings. The summed E-state index contributed by atoms with van der Waals surface area (Å²) in [6.45, 7) is 16.9. The van der Waals surface area contributed by atoms with Crippen molar-refractivity contribution in [3.8, 4) is 11.3 Å². The number of amides is 1. The molecular formula is C44H67N5O10. The van der Waals surface area contributed by atoms with Gasteiger partial charge in [-0.15, -0.1) is 0 Å². The van der Waals surface area contributed by atoms with Crippen LogP contribution in [0.2, 0.25) is 0 Å². The van der Waals surface area contributed by atoms with Gasteiger partial charge in [0.2, 0.25) is 0 Å². The number of fused-ring (bicyclic) bond motifs is 1. The number of ketones is 2. The number of hydrogen-bond acceptors (Lipinski definition) is 13. The Kier molecular flexibility index (Phi) is 14.8. The molecule has 0 radical (unpaired) electrons. The minimum atomic E-state index is -1.40. The quantitative estimate of drug-likeness (QED) is 0.177. The van der Waals surface area contributed by atoms with Crippen molar-refractivity contribution in [1.82, 2.24) is 24.3 Å². The Hall–Kier alpha value is -3.76. The summed E-state index contributed by atoms with van der Waals surface area (Å²) in [7, 11) is 5.24. The molecule has 3 aliphatic rings. The van der Waals surface area contributed by atoms with Gasteiger partial charge in [0, 0.05) is 67.6 Å². The van der Waals surface area contributed by atoms with Crippen LogP contribution in [0.25, 0.3) is 11.3 Å². The number of hydrogen-bond donors (Lipinski definition) is 1. The van der Waals surface area contributed by atoms with Gasteiger partial charge in [-0.3, -0.25) is 19.4 Å². The lowest BCUT2D eigenvalue weighted by atomic mass is 9.73. The van der Waals surface area contributed by atoms with E-state index in [1.54, 1.807) is 45.1 Å². The van der Waals surface area contributed by atoms with Crippen molar-refractivity contribution < 1.29 is 48.0 Å². The van der Waals surface area contributed by atoms with Crippen molar-refractivity contribution in [2.45, 2.75) is 155 Å². The van der Waals surface area contributed by atoms with Gasteiger partial charge in [0.1, 0.15) is 23.9 Å². The Bertz CT molecular complexity index is 1790. The molecule has 2 aromatic heterocycles. The normalized spacial score (nSPS) is 36.3. The minimum absolute atomic E-state index is 0.129. The molecule has 15 heteroatoms. The Balaban J connectivity index is 1.43. The molecule has 328 valence electrons. The van der Waals surface area contributed by atoms with E-state index < -0.39 is 83.4 Å². The first-order valence-electron chi connectivity index (χ1n) is 21.2. The van der Waals surface area contributed by atoms with Crippen molar-refractivity contribution in [2.75, 3.05) is 27.7 Å². The second-order valence-electron chi connectivity index (χ2n) is 17.8. The fraction of sp³-hybridized carbons (Fsp3) is 0.727. The first kappa shape index (κ1) is 46.3. The third-order valence-corrected chi connectivity index (χ3v) is 13.1. The topological polar surface area (TPSA) is 172 Å². The molecule has 0 aliphatic carbocycles. The monoisotopic (exact) mass is 825 g/mol. The second kappa shape index (κ2) is 18.9. The highest BCUT2D eigenvalue weighted by atomic mass is 16.7. The third-order valence-electron chi connectivity index (χ3n) is 13.1. The van der Waals surface area contributed by atoms with Gasteiger partial charge >= 0.3 is 12.1 Å². The lowest BCUT2D eigenvalue weighted by molar-refractivity contribution is -0.295. The summed E-state index contributed by atoms with van der Waals surface area (Å²) >= 11 is 0. The van der Waals surface area contributed by atoms with E-state index in [2.05, 4.69) is 9.97 Å². The summed E-state index contributed by atoms with van der Waals surface area (Å²) in [5, 5.41) is 11.4. The van der Waals surface area contributed by atoms with Crippen molar-refractivity contribution in [3.63, 3.8) is 0 Å². The maximum Gasteiger partial charge on any atom is 0.410 e. The fourth-order valence-electron chi connectivity index (χ4n) is 9.54. The zero-order chi connectivity index (χ0) is 43.6. The Morgan fingerprint density at radius 3 is 2.31 bits per heavy atom. The van der Waals surface area contributed by atoms with Gasteiger partial charge in [-0.1, -0.05) is 27.7 Å². The van der Waals surface area contributed by atoms with Crippen LogP contribution in [-0.2, 0) is 44.6 Å². The number of likely N-dealkylation sites (N-methyl/N-ethyl adjacent to an activating group) is 1. The van der Waals surface area contributed by atoms with Gasteiger partial charge in [-0.2, -0.15) is 0 Å². The van der Waals surface area contributed by atoms with Crippen LogP contribution in [0.15, 0.2) is 30.9 Å². The van der Waals surface area contributed by atoms with Crippen LogP contribution in [0.1, 0.15) is 93.2 Å². The molecule has 3 saturated heterocycles. The van der Waals surface area contributed by atoms with Crippen molar-refractivity contribution in [3.05, 3.63) is 36.5 Å². The third kappa shape index (κ3) is 9.75. The molecule has 15 nitrogen and oxygen atoms in total. The highest BCUT2D eigenvalue weighted by molar-refractivity contribution is 6.00. The lowest BCUT2D eigenvalue weighted by Crippen LogP contribution is -2.60. The van der Waals surface area contributed by atoms with E-state index in [-0.39, 0.29) is 30.8 Å². The fourth-order valence-corrected chi connectivity index (χ4v) is 9.54. The number of methoxy groups -OCH3 is 1. The number of cyclic esters (lactones) is 1. The number of carbonyl (C=O) groups is 4. The number of aryl methyl sites for hydroxylation is 2. The van der Waals surface area contributed by atoms with Crippen LogP contribution in [0, 0.1) is 30.6 Å². The Morgan fingerprint density at radius 1 is 0.983 bits per heavy atom. The smallest absolute Gasteiger partial charge is 0.410 e. The Morgan fingerprint density at radius 2 is 1.68 bits per heavy atom. The highest BCUT2D eigenvalue weighted by Gasteiger charge is 2.60. The summed E-state index contributed by atoms with van der Waals surface area (Å²) in [5.74, 6) is -4.95. The number of aliphatic hydroxyl groups excluding tert-OH is 1. The van der Waals surface area contributed by atoms with E-state index in [1.165, 1.54) is 14.0 Å². The van der Waals surface area contributed by atoms with E-state index in [0.717, 1.165) is 17.0 Å². The highest BCUT2D eigenvalue weighted by Crippen LogP contribution is 2.43. The second-order valence-corrected chi connectivity index (χ2v) is 17.8. The van der Waals surface area contributed by atoms with Gasteiger partial charge in [0.15, 0.2) is 17.7 Å². The molecular weight excluding hydrogens is 759 g/mol. The number of aromatic nitrogens is 3. The average Bonchev–Trinajstić information content (AvgIpc) is 3.77. The summed E-state index contributed by atoms with van der Waals surface area (Å²) in [6.07, 6.45) is 2.79. The van der Waals surface area contributed by atoms with Gasteiger partial charge in [0.05, 0.1) is 35.9 Å². The number of imidazole rings is 1. The molecule has 3 aliphatic heterocycles. The van der Waals surface area contributed by atoms with E-state index in [4.69, 9.17) is 23.7 Å². The SMILES string of the molecule is CC[C@H]1OC(=O)[C@H](C)C(=O)[C@H](C)C(OC2O[C@H](C)C[C@H](N(C)C)[C@H]2O)[C@@](C)(OC)C[C@@H](C)C(=O)[C@H](C)[C@H]2N(CCCCn3cnc(-c4ccc(C)nc4)c3)C(=O)O[C@]12C. The summed E-state index contributed by atoms with van der Waals surface area (Å²) in [6, 6.07) is 2.86. The number of ether oxygens (including phenoxy) is 5. The van der Waals surface area contributed by atoms with Crippen LogP contribution in [-0.4, -0.2) is 135 Å². The molecule has 59 heavy (non-hydrogen) atoms. The molecule has 2 unspecified atom stereocenters. The van der Waals surface area contributed by atoms with Crippen molar-refractivity contribution >= 4 is 23.6 Å². The first-order valence-corrected chi connectivity index (χ1v) is 21.2. The number of esters is 1. The Labute approximate surface area is 349 Å². The number of aliphatic hydroxyl groups is 1. The number of unbranched alkanes of at least 4 members (excludes halogenated alkanes) is 1. The predicted octanol–water partition coefficient (Wildman–Crippen LogP) is 5.24. The zero-order valence-corrected chi connectivity index (χ0v) is 37.0. The molecule has 0 spiro atoms. The maximum absolute atomic E-state index is 14.7. The van der Waals surface area contributed by atoms with Crippen LogP contribution < -0.4 is 0 Å². The standard InChI is InChI=1S/C44H67N5O10/c1-13-34-44(9)38(49(42(54)59-44)19-15-14-18-48-23-32(46-24-48)31-17-16-26(3)45-22-31)28(5)35(50)25(2)21-43(8,55-12)39(29(6)36(51)30(7)40(53)57-34)58-41-37(52)33(47(10)11)20-27(4)56-41/h16-17,22-25,27-30,33-34,37-39,41,52H,13-15,18-21H2,1-12H3/t25-,27-,28+,29+,30-,33+,34-,37-,38-,39?,41?,43+,44-/m1/s1. The predicted molar refractivity (Wildman–Crippen MR) is 219 cm³/mol. The molecule has 0 bridgehead atoms. The van der Waals surface area contributed by atoms with Crippen LogP contribution >= 0.6 is 0 Å². The van der Waals surface area contributed by atoms with Gasteiger partial charge in [0.25, 0.3) is 0 Å². The largest absolute Gasteiger partial charge is 0.458 e. The first-order chi connectivity index (χ1) is 27.8. The van der Waals surface area contributed by atoms with E-state index >= 15 is 0 Å². The number of Topliss-reactive ketones (excluding diaryl/α,β-unsaturated/α-hetero) is 2. The molecule has 0 aromatic carbocycles. The summed E-state index contributed by atoms with van der Waals surface area (Å²) < 4.78 is 33.2. The maximum atomic E-state index is 14.7. The number of carbonyl (C=O) groups excluding carboxylic acids is 4. The molecule has 1 amide bonds. The zero-order valence-electron chi connectivity index (χ0n) is 37.0. The molecule has 3 fully saturated rings. The van der Waals surface area contributed by atoms with E-state index in [0.29, 0.717) is 32.4 Å². The number of nitrogens with zero attached hydrogens (tertiary/aromatic N) is 5. The van der Waals surface area contributed by atoms with Gasteiger partial charge in [-0.05, 0) is 93.0 Å². The van der Waals surface area contributed by atoms with E-state index in [1.807, 2.05) is 69.6 Å². The number of rotatable bonds is 11. The molecule has 5 rings (SSSR count). The summed E-state index contributed by atoms with van der Waals surface area (Å²) in [4.78, 5) is 69.3. The summed E-state index contributed by atoms with van der Waals surface area (Å²) in [5.41, 5.74) is -0.00101. The van der Waals surface area contributed by atoms with Crippen LogP contribution in [0.5, 0.6) is 0 Å². The molecule has 0 saturated carbocycles. The van der Waals surface area contributed by atoms with Crippen molar-refractivity contribution in [2.24, 2.45) is 23.7 Å². The van der Waals surface area contributed by atoms with Gasteiger partial charge in [-0.25, -0.2) is 9.78 Å². The molecule has 13 atom stereocenters. The van der Waals surface area contributed by atoms with Gasteiger partial charge < -0.3 is 43.2 Å².